The van der Waals surface area contributed by atoms with E-state index in [0.717, 1.165) is 5.56 Å². The number of halogens is 2. The molecule has 3 atom stereocenters. The van der Waals surface area contributed by atoms with Gasteiger partial charge in [0.2, 0.25) is 0 Å². The minimum atomic E-state index is -3.36. The molecule has 1 unspecified atom stereocenters. The molecule has 0 radical (unpaired) electrons. The van der Waals surface area contributed by atoms with Crippen molar-refractivity contribution in [2.45, 2.75) is 38.0 Å². The van der Waals surface area contributed by atoms with E-state index in [1.807, 2.05) is 0 Å². The van der Waals surface area contributed by atoms with Crippen LogP contribution in [0.2, 0.25) is 10.0 Å². The summed E-state index contributed by atoms with van der Waals surface area (Å²) in [6.07, 6.45) is -0.379. The van der Waals surface area contributed by atoms with Crippen molar-refractivity contribution in [1.29, 1.82) is 0 Å². The summed E-state index contributed by atoms with van der Waals surface area (Å²) in [6.45, 7) is 0.437. The summed E-state index contributed by atoms with van der Waals surface area (Å²) in [7, 11) is -3.36. The molecular formula is C17H25Cl2NO5P+. The van der Waals surface area contributed by atoms with Crippen molar-refractivity contribution < 1.29 is 24.8 Å². The monoisotopic (exact) mass is 424 g/mol. The van der Waals surface area contributed by atoms with Crippen LogP contribution in [-0.4, -0.2) is 56.9 Å². The maximum absolute atomic E-state index is 12.0. The number of nitrogens with one attached hydrogen (secondary N) is 1. The third-order valence-electron chi connectivity index (χ3n) is 4.51. The number of carbonyl (C=O) groups is 1. The van der Waals surface area contributed by atoms with Crippen LogP contribution in [0.3, 0.4) is 0 Å². The van der Waals surface area contributed by atoms with E-state index in [1.165, 1.54) is 0 Å². The Hall–Kier alpha value is -0.300. The molecule has 146 valence electrons. The van der Waals surface area contributed by atoms with Gasteiger partial charge < -0.3 is 15.5 Å². The van der Waals surface area contributed by atoms with Crippen LogP contribution in [0, 0.1) is 5.92 Å². The molecule has 2 rings (SSSR count). The number of aliphatic hydroxyl groups is 2. The number of rotatable bonds is 8. The van der Waals surface area contributed by atoms with Crippen LogP contribution in [0.5, 0.6) is 0 Å². The third-order valence-corrected chi connectivity index (χ3v) is 7.20. The fourth-order valence-electron chi connectivity index (χ4n) is 3.19. The summed E-state index contributed by atoms with van der Waals surface area (Å²) in [5.41, 5.74) is 0.871. The second-order valence-corrected chi connectivity index (χ2v) is 10.2. The Labute approximate surface area is 163 Å². The molecule has 9 heteroatoms. The van der Waals surface area contributed by atoms with Crippen molar-refractivity contribution in [3.8, 4) is 0 Å². The fourth-order valence-corrected chi connectivity index (χ4v) is 5.48. The lowest BCUT2D eigenvalue weighted by atomic mass is 9.87. The SMILES string of the molecule is O=C(CNCc1ccc(Cl)c(Cl)c1)C[P+](O)(O)C[C@H]1CC[C@@H](O)C(O)C1. The van der Waals surface area contributed by atoms with E-state index in [1.54, 1.807) is 18.2 Å². The van der Waals surface area contributed by atoms with E-state index in [9.17, 15) is 24.8 Å². The lowest BCUT2D eigenvalue weighted by Gasteiger charge is -2.30. The second-order valence-electron chi connectivity index (χ2n) is 6.92. The Kier molecular flexibility index (Phi) is 8.26. The van der Waals surface area contributed by atoms with Crippen molar-refractivity contribution in [3.05, 3.63) is 33.8 Å². The molecule has 1 saturated carbocycles. The Bertz CT molecular complexity index is 631. The maximum Gasteiger partial charge on any atom is 0.275 e. The van der Waals surface area contributed by atoms with E-state index < -0.39 is 19.9 Å². The van der Waals surface area contributed by atoms with Gasteiger partial charge in [-0.1, -0.05) is 29.3 Å². The Morgan fingerprint density at radius 2 is 1.88 bits per heavy atom. The highest BCUT2D eigenvalue weighted by atomic mass is 35.5. The predicted molar refractivity (Wildman–Crippen MR) is 104 cm³/mol. The molecular weight excluding hydrogens is 400 g/mol. The van der Waals surface area contributed by atoms with Crippen molar-refractivity contribution in [1.82, 2.24) is 5.32 Å². The molecule has 5 N–H and O–H groups in total. The highest BCUT2D eigenvalue weighted by Crippen LogP contribution is 2.53. The lowest BCUT2D eigenvalue weighted by molar-refractivity contribution is -0.116. The summed E-state index contributed by atoms with van der Waals surface area (Å²) < 4.78 is 0. The molecule has 1 aliphatic rings. The van der Waals surface area contributed by atoms with Gasteiger partial charge in [0.1, 0.15) is 6.16 Å². The zero-order valence-electron chi connectivity index (χ0n) is 14.3. The number of benzene rings is 1. The van der Waals surface area contributed by atoms with Crippen LogP contribution in [-0.2, 0) is 11.3 Å². The van der Waals surface area contributed by atoms with Crippen LogP contribution in [0.25, 0.3) is 0 Å². The number of hydrogen-bond acceptors (Lipinski definition) is 6. The molecule has 0 amide bonds. The Balaban J connectivity index is 1.74. The number of hydrogen-bond donors (Lipinski definition) is 5. The van der Waals surface area contributed by atoms with Crippen LogP contribution >= 0.6 is 30.9 Å². The summed E-state index contributed by atoms with van der Waals surface area (Å²) in [5, 5.41) is 23.1. The largest absolute Gasteiger partial charge is 0.390 e. The van der Waals surface area contributed by atoms with Gasteiger partial charge in [-0.3, -0.25) is 4.79 Å². The van der Waals surface area contributed by atoms with Gasteiger partial charge in [-0.05, 0) is 37.0 Å². The minimum Gasteiger partial charge on any atom is -0.390 e. The zero-order valence-corrected chi connectivity index (χ0v) is 16.7. The molecule has 1 fully saturated rings. The molecule has 1 aromatic carbocycles. The quantitative estimate of drug-likeness (QED) is 0.408. The predicted octanol–water partition coefficient (Wildman–Crippen LogP) is 2.01. The first kappa shape index (κ1) is 22.0. The minimum absolute atomic E-state index is 0.0229. The normalized spacial score (nSPS) is 23.8. The molecule has 0 spiro atoms. The Morgan fingerprint density at radius 1 is 1.15 bits per heavy atom. The van der Waals surface area contributed by atoms with Gasteiger partial charge in [0.05, 0.1) is 28.8 Å². The first-order valence-electron chi connectivity index (χ1n) is 8.51. The van der Waals surface area contributed by atoms with Crippen molar-refractivity contribution in [3.63, 3.8) is 0 Å². The molecule has 0 aromatic heterocycles. The highest BCUT2D eigenvalue weighted by molar-refractivity contribution is 7.65. The number of Topliss-reactive ketones (excluding diaryl/α,β-unsaturated/α-hetero) is 1. The van der Waals surface area contributed by atoms with Gasteiger partial charge in [-0.25, -0.2) is 9.79 Å². The smallest absolute Gasteiger partial charge is 0.275 e. The van der Waals surface area contributed by atoms with Crippen molar-refractivity contribution >= 4 is 36.7 Å². The van der Waals surface area contributed by atoms with E-state index in [2.05, 4.69) is 5.32 Å². The molecule has 26 heavy (non-hydrogen) atoms. The van der Waals surface area contributed by atoms with Gasteiger partial charge in [-0.2, -0.15) is 0 Å². The van der Waals surface area contributed by atoms with Gasteiger partial charge in [0.25, 0.3) is 7.72 Å². The third kappa shape index (κ3) is 7.02. The summed E-state index contributed by atoms with van der Waals surface area (Å²) in [4.78, 5) is 32.5. The number of aliphatic hydroxyl groups excluding tert-OH is 2. The molecule has 1 aromatic rings. The van der Waals surface area contributed by atoms with Crippen molar-refractivity contribution in [2.75, 3.05) is 18.9 Å². The second kappa shape index (κ2) is 9.76. The first-order valence-corrected chi connectivity index (χ1v) is 11.3. The van der Waals surface area contributed by atoms with Gasteiger partial charge >= 0.3 is 0 Å². The summed E-state index contributed by atoms with van der Waals surface area (Å²) in [5.74, 6) is -0.367. The van der Waals surface area contributed by atoms with Crippen LogP contribution in [0.15, 0.2) is 18.2 Å². The van der Waals surface area contributed by atoms with Crippen molar-refractivity contribution in [2.24, 2.45) is 5.92 Å². The first-order chi connectivity index (χ1) is 12.2. The Morgan fingerprint density at radius 3 is 2.54 bits per heavy atom. The standard InChI is InChI=1S/C17H25Cl2NO5P/c18-14-3-1-11(5-15(14)19)7-20-8-13(21)10-26(24,25)9-12-2-4-16(22)17(23)6-12/h1,3,5,12,16-17,20,22-25H,2,4,6-10H2/q+1/t12-,16+,17?/m0/s1. The molecule has 0 heterocycles. The lowest BCUT2D eigenvalue weighted by Crippen LogP contribution is -2.35. The average Bonchev–Trinajstić information content (AvgIpc) is 2.53. The number of ketones is 1. The molecule has 1 aliphatic carbocycles. The maximum atomic E-state index is 12.0. The van der Waals surface area contributed by atoms with Crippen LogP contribution in [0.1, 0.15) is 24.8 Å². The topological polar surface area (TPSA) is 110 Å². The molecule has 6 nitrogen and oxygen atoms in total. The molecule has 0 saturated heterocycles. The zero-order chi connectivity index (χ0) is 19.3. The molecule has 0 aliphatic heterocycles. The van der Waals surface area contributed by atoms with E-state index in [-0.39, 0.29) is 30.6 Å². The number of carbonyl (C=O) groups excluding carboxylic acids is 1. The average molecular weight is 425 g/mol. The van der Waals surface area contributed by atoms with Gasteiger partial charge in [-0.15, -0.1) is 0 Å². The van der Waals surface area contributed by atoms with E-state index in [4.69, 9.17) is 23.2 Å². The van der Waals surface area contributed by atoms with Crippen LogP contribution in [0.4, 0.5) is 0 Å². The van der Waals surface area contributed by atoms with Crippen LogP contribution < -0.4 is 5.32 Å². The van der Waals surface area contributed by atoms with E-state index in [0.29, 0.717) is 35.9 Å². The summed E-state index contributed by atoms with van der Waals surface area (Å²) in [6, 6.07) is 5.18. The van der Waals surface area contributed by atoms with Gasteiger partial charge in [0.15, 0.2) is 11.9 Å². The highest BCUT2D eigenvalue weighted by Gasteiger charge is 2.41. The van der Waals surface area contributed by atoms with E-state index >= 15 is 0 Å². The summed E-state index contributed by atoms with van der Waals surface area (Å²) >= 11 is 11.8. The van der Waals surface area contributed by atoms with Gasteiger partial charge in [0, 0.05) is 12.5 Å². The fraction of sp³-hybridized carbons (Fsp3) is 0.588. The molecule has 0 bridgehead atoms.